The molecule has 1 atom stereocenters. The quantitative estimate of drug-likeness (QED) is 0.120. The number of nitrogens with one attached hydrogen (secondary N) is 2. The lowest BCUT2D eigenvalue weighted by Crippen LogP contribution is -2.23. The summed E-state index contributed by atoms with van der Waals surface area (Å²) in [5.74, 6) is 0.449. The first kappa shape index (κ1) is 34.8. The van der Waals surface area contributed by atoms with Crippen molar-refractivity contribution in [1.29, 1.82) is 5.41 Å². The van der Waals surface area contributed by atoms with Gasteiger partial charge in [0.05, 0.1) is 25.2 Å². The number of ether oxygens (including phenoxy) is 2. The Morgan fingerprint density at radius 2 is 1.57 bits per heavy atom. The van der Waals surface area contributed by atoms with Gasteiger partial charge in [0.2, 0.25) is 0 Å². The van der Waals surface area contributed by atoms with Crippen LogP contribution in [0.15, 0.2) is 66.7 Å². The van der Waals surface area contributed by atoms with E-state index in [1.807, 2.05) is 48.5 Å². The summed E-state index contributed by atoms with van der Waals surface area (Å²) in [6, 6.07) is 22.0. The second-order valence-electron chi connectivity index (χ2n) is 12.8. The Morgan fingerprint density at radius 1 is 0.878 bits per heavy atom. The molecule has 0 aliphatic carbocycles. The number of halogens is 2. The van der Waals surface area contributed by atoms with Crippen LogP contribution in [0.3, 0.4) is 0 Å². The third-order valence-electron chi connectivity index (χ3n) is 9.66. The summed E-state index contributed by atoms with van der Waals surface area (Å²) in [5, 5.41) is 22.4. The minimum Gasteiger partial charge on any atom is -0.496 e. The van der Waals surface area contributed by atoms with Crippen LogP contribution in [-0.4, -0.2) is 67.5 Å². The Balaban J connectivity index is 1.22. The molecule has 6 rings (SSSR count). The van der Waals surface area contributed by atoms with Crippen molar-refractivity contribution in [2.45, 2.75) is 38.9 Å². The number of carboxylic acid groups (broad SMARTS) is 1. The van der Waals surface area contributed by atoms with Crippen molar-refractivity contribution in [3.63, 3.8) is 0 Å². The standard InChI is InChI=1S/C39H42Cl2N4O4/c1-48-36-18-25(11-12-26(36)22-44-14-3-4-15-44)30-7-5-9-32(38(30)41)31-8-6-10-35(33(31)20-42)43-21-28-19-37(49-2)29(17-34(28)40)24-45-16-13-27(23-45)39(46)47/h5-12,17-20,27,42-43H,3-4,13-16,21-24H2,1-2H3,(H,46,47). The van der Waals surface area contributed by atoms with Gasteiger partial charge in [0.25, 0.3) is 0 Å². The van der Waals surface area contributed by atoms with Crippen LogP contribution in [0.4, 0.5) is 5.69 Å². The second kappa shape index (κ2) is 15.6. The van der Waals surface area contributed by atoms with Gasteiger partial charge in [-0.15, -0.1) is 0 Å². The molecule has 2 aliphatic rings. The summed E-state index contributed by atoms with van der Waals surface area (Å²) in [4.78, 5) is 16.0. The largest absolute Gasteiger partial charge is 0.496 e. The Labute approximate surface area is 298 Å². The topological polar surface area (TPSA) is 98.1 Å². The van der Waals surface area contributed by atoms with Crippen molar-refractivity contribution < 1.29 is 19.4 Å². The average molecular weight is 702 g/mol. The molecule has 2 heterocycles. The number of benzene rings is 4. The van der Waals surface area contributed by atoms with E-state index in [9.17, 15) is 9.90 Å². The molecule has 2 fully saturated rings. The van der Waals surface area contributed by atoms with Gasteiger partial charge >= 0.3 is 5.97 Å². The normalized spacial score (nSPS) is 16.5. The zero-order valence-electron chi connectivity index (χ0n) is 27.9. The molecule has 4 aromatic rings. The molecule has 3 N–H and O–H groups in total. The number of carbonyl (C=O) groups is 1. The van der Waals surface area contributed by atoms with E-state index >= 15 is 0 Å². The molecule has 2 aliphatic heterocycles. The molecule has 1 unspecified atom stereocenters. The van der Waals surface area contributed by atoms with Crippen LogP contribution in [0.25, 0.3) is 22.3 Å². The molecule has 49 heavy (non-hydrogen) atoms. The molecule has 2 saturated heterocycles. The smallest absolute Gasteiger partial charge is 0.307 e. The maximum atomic E-state index is 11.4. The van der Waals surface area contributed by atoms with Crippen molar-refractivity contribution >= 4 is 41.1 Å². The van der Waals surface area contributed by atoms with Crippen LogP contribution in [0.5, 0.6) is 11.5 Å². The molecule has 256 valence electrons. The van der Waals surface area contributed by atoms with Gasteiger partial charge in [0, 0.05) is 70.9 Å². The number of aliphatic carboxylic acids is 1. The Morgan fingerprint density at radius 3 is 2.29 bits per heavy atom. The summed E-state index contributed by atoms with van der Waals surface area (Å²) in [7, 11) is 3.34. The number of methoxy groups -OCH3 is 2. The first-order chi connectivity index (χ1) is 23.8. The molecule has 0 spiro atoms. The van der Waals surface area contributed by atoms with Crippen LogP contribution < -0.4 is 14.8 Å². The Bertz CT molecular complexity index is 1840. The highest BCUT2D eigenvalue weighted by Gasteiger charge is 2.28. The van der Waals surface area contributed by atoms with Crippen LogP contribution in [-0.2, 0) is 24.4 Å². The lowest BCUT2D eigenvalue weighted by Gasteiger charge is -2.20. The number of rotatable bonds is 13. The highest BCUT2D eigenvalue weighted by molar-refractivity contribution is 6.36. The highest BCUT2D eigenvalue weighted by Crippen LogP contribution is 2.40. The second-order valence-corrected chi connectivity index (χ2v) is 13.5. The number of hydrogen-bond acceptors (Lipinski definition) is 7. The fourth-order valence-electron chi connectivity index (χ4n) is 6.99. The molecular weight excluding hydrogens is 659 g/mol. The van der Waals surface area contributed by atoms with E-state index in [4.69, 9.17) is 38.1 Å². The lowest BCUT2D eigenvalue weighted by molar-refractivity contribution is -0.141. The van der Waals surface area contributed by atoms with E-state index in [0.717, 1.165) is 76.6 Å². The molecule has 0 aromatic heterocycles. The summed E-state index contributed by atoms with van der Waals surface area (Å²) < 4.78 is 11.5. The number of hydrogen-bond donors (Lipinski definition) is 3. The van der Waals surface area contributed by atoms with Gasteiger partial charge < -0.3 is 25.3 Å². The zero-order chi connectivity index (χ0) is 34.5. The highest BCUT2D eigenvalue weighted by atomic mass is 35.5. The monoisotopic (exact) mass is 700 g/mol. The zero-order valence-corrected chi connectivity index (χ0v) is 29.4. The third kappa shape index (κ3) is 7.73. The summed E-state index contributed by atoms with van der Waals surface area (Å²) >= 11 is 13.9. The molecular formula is C39H42Cl2N4O4. The molecule has 0 radical (unpaired) electrons. The van der Waals surface area contributed by atoms with E-state index in [-0.39, 0.29) is 5.92 Å². The van der Waals surface area contributed by atoms with Gasteiger partial charge in [-0.05, 0) is 79.9 Å². The Hall–Kier alpha value is -4.08. The van der Waals surface area contributed by atoms with Gasteiger partial charge in [-0.2, -0.15) is 0 Å². The first-order valence-electron chi connectivity index (χ1n) is 16.7. The average Bonchev–Trinajstić information content (AvgIpc) is 3.81. The molecule has 8 nitrogen and oxygen atoms in total. The lowest BCUT2D eigenvalue weighted by atomic mass is 9.94. The van der Waals surface area contributed by atoms with E-state index in [1.165, 1.54) is 19.1 Å². The maximum absolute atomic E-state index is 11.4. The predicted octanol–water partition coefficient (Wildman–Crippen LogP) is 8.46. The molecule has 10 heteroatoms. The van der Waals surface area contributed by atoms with Crippen LogP contribution in [0.2, 0.25) is 10.0 Å². The van der Waals surface area contributed by atoms with Crippen LogP contribution >= 0.6 is 23.2 Å². The van der Waals surface area contributed by atoms with Crippen molar-refractivity contribution in [2.75, 3.05) is 45.7 Å². The van der Waals surface area contributed by atoms with Crippen LogP contribution in [0.1, 0.15) is 41.5 Å². The van der Waals surface area contributed by atoms with E-state index < -0.39 is 5.97 Å². The summed E-state index contributed by atoms with van der Waals surface area (Å²) in [6.07, 6.45) is 4.47. The Kier molecular flexibility index (Phi) is 11.1. The van der Waals surface area contributed by atoms with E-state index in [1.54, 1.807) is 14.2 Å². The molecule has 0 amide bonds. The van der Waals surface area contributed by atoms with E-state index in [0.29, 0.717) is 47.4 Å². The number of anilines is 1. The number of nitrogens with zero attached hydrogens (tertiary/aromatic N) is 2. The van der Waals surface area contributed by atoms with Gasteiger partial charge in [-0.25, -0.2) is 0 Å². The van der Waals surface area contributed by atoms with Crippen molar-refractivity contribution in [3.8, 4) is 33.8 Å². The maximum Gasteiger partial charge on any atom is 0.307 e. The van der Waals surface area contributed by atoms with Gasteiger partial charge in [-0.3, -0.25) is 14.6 Å². The molecule has 0 saturated carbocycles. The van der Waals surface area contributed by atoms with Gasteiger partial charge in [-0.1, -0.05) is 65.7 Å². The third-order valence-corrected chi connectivity index (χ3v) is 10.4. The molecule has 0 bridgehead atoms. The van der Waals surface area contributed by atoms with Gasteiger partial charge in [0.1, 0.15) is 11.5 Å². The predicted molar refractivity (Wildman–Crippen MR) is 198 cm³/mol. The minimum absolute atomic E-state index is 0.347. The van der Waals surface area contributed by atoms with E-state index in [2.05, 4.69) is 33.3 Å². The van der Waals surface area contributed by atoms with Crippen molar-refractivity contribution in [1.82, 2.24) is 9.80 Å². The first-order valence-corrected chi connectivity index (χ1v) is 17.4. The molecule has 4 aromatic carbocycles. The summed E-state index contributed by atoms with van der Waals surface area (Å²) in [6.45, 7) is 5.30. The van der Waals surface area contributed by atoms with Crippen LogP contribution in [0, 0.1) is 11.3 Å². The van der Waals surface area contributed by atoms with Crippen molar-refractivity contribution in [3.05, 3.63) is 99.0 Å². The fourth-order valence-corrected chi connectivity index (χ4v) is 7.58. The fraction of sp³-hybridized carbons (Fsp3) is 0.333. The minimum atomic E-state index is -0.754. The van der Waals surface area contributed by atoms with Crippen molar-refractivity contribution in [2.24, 2.45) is 5.92 Å². The number of likely N-dealkylation sites (tertiary alicyclic amines) is 2. The SMILES string of the molecule is COc1cc(-c2cccc(-c3cccc(NCc4cc(OC)c(CN5CCC(C(=O)O)C5)cc4Cl)c3C=N)c2Cl)ccc1CN1CCCC1. The number of carboxylic acids is 1. The summed E-state index contributed by atoms with van der Waals surface area (Å²) in [5.41, 5.74) is 7.95. The van der Waals surface area contributed by atoms with Gasteiger partial charge in [0.15, 0.2) is 0 Å².